The van der Waals surface area contributed by atoms with E-state index in [-0.39, 0.29) is 22.9 Å². The molecular formula is C16H20ClF2NOS. The number of carbonyl (C=O) groups excluding carboxylic acids is 1. The van der Waals surface area contributed by atoms with Crippen molar-refractivity contribution in [1.82, 2.24) is 4.90 Å². The number of thioether (sulfide) groups is 1. The average Bonchev–Trinajstić information content (AvgIpc) is 2.74. The Kier molecular flexibility index (Phi) is 5.72. The van der Waals surface area contributed by atoms with Crippen molar-refractivity contribution in [2.75, 3.05) is 24.7 Å². The first-order valence-electron chi connectivity index (χ1n) is 7.27. The van der Waals surface area contributed by atoms with Crippen molar-refractivity contribution in [3.05, 3.63) is 35.4 Å². The van der Waals surface area contributed by atoms with Gasteiger partial charge in [-0.15, -0.1) is 11.6 Å². The molecular weight excluding hydrogens is 328 g/mol. The lowest BCUT2D eigenvalue weighted by molar-refractivity contribution is -0.139. The van der Waals surface area contributed by atoms with Gasteiger partial charge in [0.25, 0.3) is 0 Å². The van der Waals surface area contributed by atoms with E-state index >= 15 is 0 Å². The van der Waals surface area contributed by atoms with Crippen LogP contribution in [0.4, 0.5) is 8.78 Å². The maximum atomic E-state index is 13.9. The molecule has 1 amide bonds. The summed E-state index contributed by atoms with van der Waals surface area (Å²) in [6, 6.07) is 3.54. The lowest BCUT2D eigenvalue weighted by Crippen LogP contribution is -2.43. The van der Waals surface area contributed by atoms with E-state index in [0.717, 1.165) is 12.1 Å². The fourth-order valence-corrected chi connectivity index (χ4v) is 3.83. The number of alkyl halides is 1. The van der Waals surface area contributed by atoms with Gasteiger partial charge in [-0.2, -0.15) is 11.8 Å². The molecule has 0 spiro atoms. The molecule has 0 saturated carbocycles. The minimum atomic E-state index is -0.601. The number of carbonyl (C=O) groups is 1. The van der Waals surface area contributed by atoms with Crippen LogP contribution in [-0.4, -0.2) is 35.5 Å². The Morgan fingerprint density at radius 2 is 2.14 bits per heavy atom. The lowest BCUT2D eigenvalue weighted by Gasteiger charge is -2.29. The summed E-state index contributed by atoms with van der Waals surface area (Å²) in [5.74, 6) is 0.156. The molecule has 0 radical (unpaired) electrons. The number of rotatable bonds is 3. The highest BCUT2D eigenvalue weighted by Gasteiger charge is 2.33. The van der Waals surface area contributed by atoms with Crippen LogP contribution < -0.4 is 0 Å². The molecule has 1 fully saturated rings. The van der Waals surface area contributed by atoms with Crippen molar-refractivity contribution in [2.45, 2.75) is 25.5 Å². The van der Waals surface area contributed by atoms with Crippen LogP contribution >= 0.6 is 23.4 Å². The highest BCUT2D eigenvalue weighted by atomic mass is 35.5. The predicted octanol–water partition coefficient (Wildman–Crippen LogP) is 4.24. The molecule has 0 N–H and O–H groups in total. The summed E-state index contributed by atoms with van der Waals surface area (Å²) in [5, 5.41) is -0.132. The summed E-state index contributed by atoms with van der Waals surface area (Å²) in [7, 11) is 0. The number of halogens is 3. The topological polar surface area (TPSA) is 20.3 Å². The van der Waals surface area contributed by atoms with Gasteiger partial charge in [0.2, 0.25) is 5.91 Å². The van der Waals surface area contributed by atoms with E-state index in [2.05, 4.69) is 0 Å². The van der Waals surface area contributed by atoms with Gasteiger partial charge in [0.15, 0.2) is 0 Å². The molecule has 1 aliphatic heterocycles. The van der Waals surface area contributed by atoms with Gasteiger partial charge < -0.3 is 4.90 Å². The second-order valence-corrected chi connectivity index (χ2v) is 7.70. The van der Waals surface area contributed by atoms with E-state index in [9.17, 15) is 13.6 Å². The summed E-state index contributed by atoms with van der Waals surface area (Å²) < 4.78 is 27.3. The van der Waals surface area contributed by atoms with Gasteiger partial charge in [0, 0.05) is 35.5 Å². The SMILES string of the molecule is CC(C)(CCl)C(=O)N1CCSC(c2cc(F)ccc2F)CC1. The molecule has 1 heterocycles. The maximum absolute atomic E-state index is 13.9. The summed E-state index contributed by atoms with van der Waals surface area (Å²) >= 11 is 7.43. The van der Waals surface area contributed by atoms with E-state index < -0.39 is 11.2 Å². The molecule has 1 aliphatic rings. The highest BCUT2D eigenvalue weighted by molar-refractivity contribution is 7.99. The highest BCUT2D eigenvalue weighted by Crippen LogP contribution is 2.36. The summed E-state index contributed by atoms with van der Waals surface area (Å²) in [6.07, 6.45) is 0.606. The van der Waals surface area contributed by atoms with Crippen molar-refractivity contribution in [3.8, 4) is 0 Å². The van der Waals surface area contributed by atoms with Crippen molar-refractivity contribution >= 4 is 29.3 Å². The molecule has 2 rings (SSSR count). The zero-order chi connectivity index (χ0) is 16.3. The Morgan fingerprint density at radius 3 is 2.82 bits per heavy atom. The maximum Gasteiger partial charge on any atom is 0.229 e. The molecule has 1 unspecified atom stereocenters. The second kappa shape index (κ2) is 7.18. The van der Waals surface area contributed by atoms with Gasteiger partial charge in [-0.3, -0.25) is 4.79 Å². The van der Waals surface area contributed by atoms with E-state index in [1.165, 1.54) is 6.07 Å². The van der Waals surface area contributed by atoms with Crippen LogP contribution in [0.25, 0.3) is 0 Å². The molecule has 0 aliphatic carbocycles. The molecule has 0 aromatic heterocycles. The predicted molar refractivity (Wildman–Crippen MR) is 87.3 cm³/mol. The number of hydrogen-bond acceptors (Lipinski definition) is 2. The van der Waals surface area contributed by atoms with E-state index in [1.807, 2.05) is 13.8 Å². The van der Waals surface area contributed by atoms with Crippen LogP contribution in [0.2, 0.25) is 0 Å². The Hall–Kier alpha value is -0.810. The molecule has 1 atom stereocenters. The number of amides is 1. The minimum absolute atomic E-state index is 0.0171. The van der Waals surface area contributed by atoms with Gasteiger partial charge in [-0.05, 0) is 38.5 Å². The Morgan fingerprint density at radius 1 is 1.41 bits per heavy atom. The Labute approximate surface area is 139 Å². The van der Waals surface area contributed by atoms with Crippen molar-refractivity contribution in [3.63, 3.8) is 0 Å². The molecule has 2 nitrogen and oxygen atoms in total. The molecule has 0 bridgehead atoms. The third-order valence-electron chi connectivity index (χ3n) is 3.85. The first-order chi connectivity index (χ1) is 10.3. The van der Waals surface area contributed by atoms with E-state index in [4.69, 9.17) is 11.6 Å². The van der Waals surface area contributed by atoms with Gasteiger partial charge >= 0.3 is 0 Å². The summed E-state index contributed by atoms with van der Waals surface area (Å²) in [5.41, 5.74) is -0.216. The fourth-order valence-electron chi connectivity index (χ4n) is 2.47. The summed E-state index contributed by atoms with van der Waals surface area (Å²) in [6.45, 7) is 4.79. The molecule has 1 aromatic rings. The molecule has 1 saturated heterocycles. The fraction of sp³-hybridized carbons (Fsp3) is 0.562. The van der Waals surface area contributed by atoms with Crippen molar-refractivity contribution in [2.24, 2.45) is 5.41 Å². The van der Waals surface area contributed by atoms with Crippen LogP contribution in [-0.2, 0) is 4.79 Å². The van der Waals surface area contributed by atoms with E-state index in [0.29, 0.717) is 30.8 Å². The lowest BCUT2D eigenvalue weighted by atomic mass is 9.94. The van der Waals surface area contributed by atoms with Crippen LogP contribution in [0.15, 0.2) is 18.2 Å². The van der Waals surface area contributed by atoms with Gasteiger partial charge in [0.05, 0.1) is 5.41 Å². The number of hydrogen-bond donors (Lipinski definition) is 0. The largest absolute Gasteiger partial charge is 0.341 e. The number of benzene rings is 1. The second-order valence-electron chi connectivity index (χ2n) is 6.12. The molecule has 6 heteroatoms. The number of nitrogens with zero attached hydrogens (tertiary/aromatic N) is 1. The van der Waals surface area contributed by atoms with Crippen LogP contribution in [0.3, 0.4) is 0 Å². The summed E-state index contributed by atoms with van der Waals surface area (Å²) in [4.78, 5) is 14.3. The zero-order valence-corrected chi connectivity index (χ0v) is 14.3. The zero-order valence-electron chi connectivity index (χ0n) is 12.7. The van der Waals surface area contributed by atoms with Crippen molar-refractivity contribution < 1.29 is 13.6 Å². The Balaban J connectivity index is 2.10. The van der Waals surface area contributed by atoms with Gasteiger partial charge in [-0.1, -0.05) is 0 Å². The minimum Gasteiger partial charge on any atom is -0.341 e. The van der Waals surface area contributed by atoms with Gasteiger partial charge in [0.1, 0.15) is 11.6 Å². The third kappa shape index (κ3) is 3.93. The molecule has 22 heavy (non-hydrogen) atoms. The average molecular weight is 348 g/mol. The quantitative estimate of drug-likeness (QED) is 0.762. The normalized spacial score (nSPS) is 19.9. The third-order valence-corrected chi connectivity index (χ3v) is 5.83. The smallest absolute Gasteiger partial charge is 0.229 e. The molecule has 1 aromatic carbocycles. The van der Waals surface area contributed by atoms with Crippen molar-refractivity contribution in [1.29, 1.82) is 0 Å². The molecule has 122 valence electrons. The first kappa shape index (κ1) is 17.5. The first-order valence-corrected chi connectivity index (χ1v) is 8.85. The van der Waals surface area contributed by atoms with Gasteiger partial charge in [-0.25, -0.2) is 8.78 Å². The van der Waals surface area contributed by atoms with Crippen LogP contribution in [0, 0.1) is 17.0 Å². The van der Waals surface area contributed by atoms with Crippen LogP contribution in [0.1, 0.15) is 31.1 Å². The monoisotopic (exact) mass is 347 g/mol. The Bertz CT molecular complexity index is 553. The standard InChI is InChI=1S/C16H20ClF2NOS/c1-16(2,10-17)15(21)20-6-5-14(22-8-7-20)12-9-11(18)3-4-13(12)19/h3-4,9,14H,5-8,10H2,1-2H3. The van der Waals surface area contributed by atoms with E-state index in [1.54, 1.807) is 16.7 Å². The van der Waals surface area contributed by atoms with Crippen LogP contribution in [0.5, 0.6) is 0 Å².